The molecule has 1 aliphatic rings. The van der Waals surface area contributed by atoms with Crippen LogP contribution in [0.25, 0.3) is 5.69 Å². The normalized spacial score (nSPS) is 12.0. The highest BCUT2D eigenvalue weighted by Gasteiger charge is 2.21. The number of ether oxygens (including phenoxy) is 3. The molecule has 4 rings (SSSR count). The van der Waals surface area contributed by atoms with Gasteiger partial charge in [-0.1, -0.05) is 30.0 Å². The molecule has 0 aliphatic carbocycles. The second kappa shape index (κ2) is 7.77. The summed E-state index contributed by atoms with van der Waals surface area (Å²) >= 11 is 1.41. The Bertz CT molecular complexity index is 1030. The summed E-state index contributed by atoms with van der Waals surface area (Å²) < 4.78 is 17.5. The van der Waals surface area contributed by atoms with Gasteiger partial charge in [-0.2, -0.15) is 0 Å². The number of carbonyl (C=O) groups is 2. The van der Waals surface area contributed by atoms with E-state index < -0.39 is 5.97 Å². The highest BCUT2D eigenvalue weighted by molar-refractivity contribution is 7.98. The van der Waals surface area contributed by atoms with E-state index in [2.05, 4.69) is 4.98 Å². The standard InChI is InChI=1S/C20H16N2O5S/c1-28-20-21-10-15(22(20)14-5-3-2-4-6-14)19(24)25-11-16(23)13-7-8-17-18(9-13)27-12-26-17/h2-10H,11-12H2,1H3. The average Bonchev–Trinajstić information content (AvgIpc) is 3.38. The predicted molar refractivity (Wildman–Crippen MR) is 103 cm³/mol. The lowest BCUT2D eigenvalue weighted by Gasteiger charge is -2.10. The molecule has 0 saturated carbocycles. The first kappa shape index (κ1) is 18.1. The van der Waals surface area contributed by atoms with Gasteiger partial charge in [0, 0.05) is 11.3 Å². The van der Waals surface area contributed by atoms with Crippen molar-refractivity contribution in [2.45, 2.75) is 5.16 Å². The van der Waals surface area contributed by atoms with Crippen molar-refractivity contribution >= 4 is 23.5 Å². The van der Waals surface area contributed by atoms with Crippen LogP contribution >= 0.6 is 11.8 Å². The van der Waals surface area contributed by atoms with Crippen molar-refractivity contribution in [3.63, 3.8) is 0 Å². The molecular formula is C20H16N2O5S. The van der Waals surface area contributed by atoms with Gasteiger partial charge in [0.1, 0.15) is 0 Å². The molecule has 0 atom stereocenters. The van der Waals surface area contributed by atoms with Crippen LogP contribution in [0.2, 0.25) is 0 Å². The van der Waals surface area contributed by atoms with E-state index in [1.807, 2.05) is 36.6 Å². The zero-order valence-electron chi connectivity index (χ0n) is 15.0. The Morgan fingerprint density at radius 2 is 1.93 bits per heavy atom. The summed E-state index contributed by atoms with van der Waals surface area (Å²) in [5, 5.41) is 0.653. The van der Waals surface area contributed by atoms with Gasteiger partial charge >= 0.3 is 5.97 Å². The van der Waals surface area contributed by atoms with Crippen LogP contribution in [0.1, 0.15) is 20.8 Å². The summed E-state index contributed by atoms with van der Waals surface area (Å²) in [6.07, 6.45) is 3.33. The molecule has 2 heterocycles. The van der Waals surface area contributed by atoms with Gasteiger partial charge in [-0.3, -0.25) is 9.36 Å². The van der Waals surface area contributed by atoms with Crippen LogP contribution in [0.4, 0.5) is 0 Å². The molecule has 7 nitrogen and oxygen atoms in total. The number of rotatable bonds is 6. The van der Waals surface area contributed by atoms with Crippen molar-refractivity contribution in [2.24, 2.45) is 0 Å². The van der Waals surface area contributed by atoms with Crippen molar-refractivity contribution < 1.29 is 23.8 Å². The molecule has 3 aromatic rings. The second-order valence-electron chi connectivity index (χ2n) is 5.87. The van der Waals surface area contributed by atoms with Crippen LogP contribution in [-0.2, 0) is 4.74 Å². The molecule has 0 N–H and O–H groups in total. The Labute approximate surface area is 165 Å². The van der Waals surface area contributed by atoms with Crippen LogP contribution in [0.5, 0.6) is 11.5 Å². The second-order valence-corrected chi connectivity index (χ2v) is 6.64. The van der Waals surface area contributed by atoms with Crippen molar-refractivity contribution in [3.8, 4) is 17.2 Å². The van der Waals surface area contributed by atoms with Crippen LogP contribution in [0, 0.1) is 0 Å². The van der Waals surface area contributed by atoms with Gasteiger partial charge in [0.15, 0.2) is 34.7 Å². The van der Waals surface area contributed by atoms with Gasteiger partial charge in [-0.25, -0.2) is 9.78 Å². The van der Waals surface area contributed by atoms with Crippen molar-refractivity contribution in [2.75, 3.05) is 19.7 Å². The summed E-state index contributed by atoms with van der Waals surface area (Å²) in [6, 6.07) is 14.2. The van der Waals surface area contributed by atoms with E-state index in [0.717, 1.165) is 5.69 Å². The monoisotopic (exact) mass is 396 g/mol. The number of imidazole rings is 1. The summed E-state index contributed by atoms with van der Waals surface area (Å²) in [7, 11) is 0. The third-order valence-corrected chi connectivity index (χ3v) is 4.82. The van der Waals surface area contributed by atoms with Gasteiger partial charge in [0.05, 0.1) is 6.20 Å². The lowest BCUT2D eigenvalue weighted by molar-refractivity contribution is 0.0466. The lowest BCUT2D eigenvalue weighted by atomic mass is 10.1. The van der Waals surface area contributed by atoms with Crippen molar-refractivity contribution in [1.82, 2.24) is 9.55 Å². The smallest absolute Gasteiger partial charge is 0.357 e. The SMILES string of the molecule is CSc1ncc(C(=O)OCC(=O)c2ccc3c(c2)OCO3)n1-c1ccccc1. The molecule has 0 fully saturated rings. The van der Waals surface area contributed by atoms with Gasteiger partial charge in [0.2, 0.25) is 6.79 Å². The highest BCUT2D eigenvalue weighted by atomic mass is 32.2. The molecular weight excluding hydrogens is 380 g/mol. The molecule has 1 aromatic heterocycles. The van der Waals surface area contributed by atoms with Crippen molar-refractivity contribution in [3.05, 3.63) is 66.0 Å². The number of nitrogens with zero attached hydrogens (tertiary/aromatic N) is 2. The largest absolute Gasteiger partial charge is 0.454 e. The Hall–Kier alpha value is -3.26. The summed E-state index contributed by atoms with van der Waals surface area (Å²) in [4.78, 5) is 29.3. The maximum atomic E-state index is 12.6. The minimum Gasteiger partial charge on any atom is -0.454 e. The number of benzene rings is 2. The van der Waals surface area contributed by atoms with E-state index >= 15 is 0 Å². The van der Waals surface area contributed by atoms with Crippen LogP contribution in [0.15, 0.2) is 59.9 Å². The number of carbonyl (C=O) groups excluding carboxylic acids is 2. The maximum absolute atomic E-state index is 12.6. The molecule has 0 amide bonds. The summed E-state index contributed by atoms with van der Waals surface area (Å²) in [5.74, 6) is 0.141. The molecule has 0 spiro atoms. The van der Waals surface area contributed by atoms with E-state index in [9.17, 15) is 9.59 Å². The Morgan fingerprint density at radius 1 is 1.14 bits per heavy atom. The van der Waals surface area contributed by atoms with Crippen LogP contribution < -0.4 is 9.47 Å². The molecule has 0 bridgehead atoms. The van der Waals surface area contributed by atoms with E-state index in [1.165, 1.54) is 18.0 Å². The van der Waals surface area contributed by atoms with E-state index in [0.29, 0.717) is 22.2 Å². The number of hydrogen-bond donors (Lipinski definition) is 0. The number of fused-ring (bicyclic) bond motifs is 1. The Kier molecular flexibility index (Phi) is 5.03. The van der Waals surface area contributed by atoms with Gasteiger partial charge in [-0.05, 0) is 36.6 Å². The number of ketones is 1. The first-order valence-corrected chi connectivity index (χ1v) is 9.67. The molecule has 0 radical (unpaired) electrons. The molecule has 8 heteroatoms. The third-order valence-electron chi connectivity index (χ3n) is 4.16. The van der Waals surface area contributed by atoms with Gasteiger partial charge < -0.3 is 14.2 Å². The number of Topliss-reactive ketones (excluding diaryl/α,β-unsaturated/α-hetero) is 1. The van der Waals surface area contributed by atoms with Gasteiger partial charge in [-0.15, -0.1) is 0 Å². The first-order chi connectivity index (χ1) is 13.7. The third kappa shape index (κ3) is 3.46. The quantitative estimate of drug-likeness (QED) is 0.359. The molecule has 28 heavy (non-hydrogen) atoms. The maximum Gasteiger partial charge on any atom is 0.357 e. The number of para-hydroxylation sites is 1. The molecule has 142 valence electrons. The lowest BCUT2D eigenvalue weighted by Crippen LogP contribution is -2.17. The first-order valence-electron chi connectivity index (χ1n) is 8.44. The fraction of sp³-hybridized carbons (Fsp3) is 0.150. The number of esters is 1. The number of hydrogen-bond acceptors (Lipinski definition) is 7. The molecule has 0 saturated heterocycles. The Balaban J connectivity index is 1.50. The number of thioether (sulfide) groups is 1. The summed E-state index contributed by atoms with van der Waals surface area (Å²) in [6.45, 7) is -0.254. The van der Waals surface area contributed by atoms with Crippen LogP contribution in [0.3, 0.4) is 0 Å². The van der Waals surface area contributed by atoms with Gasteiger partial charge in [0.25, 0.3) is 0 Å². The van der Waals surface area contributed by atoms with E-state index in [1.54, 1.807) is 22.8 Å². The zero-order valence-corrected chi connectivity index (χ0v) is 15.8. The highest BCUT2D eigenvalue weighted by Crippen LogP contribution is 2.32. The van der Waals surface area contributed by atoms with E-state index in [4.69, 9.17) is 14.2 Å². The molecule has 1 aliphatic heterocycles. The fourth-order valence-electron chi connectivity index (χ4n) is 2.81. The Morgan fingerprint density at radius 3 is 2.71 bits per heavy atom. The average molecular weight is 396 g/mol. The fourth-order valence-corrected chi connectivity index (χ4v) is 3.35. The molecule has 2 aromatic carbocycles. The zero-order chi connectivity index (χ0) is 19.5. The summed E-state index contributed by atoms with van der Waals surface area (Å²) in [5.41, 5.74) is 1.44. The van der Waals surface area contributed by atoms with Crippen molar-refractivity contribution in [1.29, 1.82) is 0 Å². The predicted octanol–water partition coefficient (Wildman–Crippen LogP) is 3.36. The minimum absolute atomic E-state index is 0.128. The van der Waals surface area contributed by atoms with E-state index in [-0.39, 0.29) is 24.9 Å². The molecule has 0 unspecified atom stereocenters. The minimum atomic E-state index is -0.620. The number of aromatic nitrogens is 2. The topological polar surface area (TPSA) is 79.7 Å². The van der Waals surface area contributed by atoms with Crippen LogP contribution in [-0.4, -0.2) is 41.0 Å².